The fraction of sp³-hybridized carbons (Fsp3) is 0.286. The molecule has 0 saturated heterocycles. The number of benzene rings is 1. The fourth-order valence-corrected chi connectivity index (χ4v) is 3.89. The molecule has 0 spiro atoms. The van der Waals surface area contributed by atoms with Gasteiger partial charge in [-0.25, -0.2) is 13.4 Å². The number of hydrogen-bond acceptors (Lipinski definition) is 5. The van der Waals surface area contributed by atoms with Crippen molar-refractivity contribution >= 4 is 43.8 Å². The normalized spacial score (nSPS) is 11.4. The van der Waals surface area contributed by atoms with Crippen molar-refractivity contribution in [1.29, 1.82) is 0 Å². The molecule has 0 aliphatic rings. The summed E-state index contributed by atoms with van der Waals surface area (Å²) in [7, 11) is -3.50. The molecule has 2 rings (SSSR count). The Morgan fingerprint density at radius 3 is 2.45 bits per heavy atom. The van der Waals surface area contributed by atoms with Gasteiger partial charge in [-0.1, -0.05) is 11.6 Å². The molecular formula is C14H15ClN2O3S2. The summed E-state index contributed by atoms with van der Waals surface area (Å²) in [5, 5.41) is 3.57. The van der Waals surface area contributed by atoms with E-state index in [9.17, 15) is 13.2 Å². The van der Waals surface area contributed by atoms with Gasteiger partial charge >= 0.3 is 0 Å². The predicted octanol–water partition coefficient (Wildman–Crippen LogP) is 3.22. The molecule has 0 fully saturated rings. The number of nitrogens with zero attached hydrogens (tertiary/aromatic N) is 1. The number of nitrogens with one attached hydrogen (secondary N) is 1. The highest BCUT2D eigenvalue weighted by molar-refractivity contribution is 7.91. The second-order valence-electron chi connectivity index (χ2n) is 4.73. The number of carbonyl (C=O) groups excluding carboxylic acids is 1. The van der Waals surface area contributed by atoms with Crippen LogP contribution in [0.5, 0.6) is 0 Å². The van der Waals surface area contributed by atoms with Crippen molar-refractivity contribution in [2.45, 2.75) is 25.2 Å². The Balaban J connectivity index is 1.96. The number of anilines is 1. The molecule has 0 bridgehead atoms. The molecule has 5 nitrogen and oxygen atoms in total. The number of rotatable bonds is 5. The third-order valence-electron chi connectivity index (χ3n) is 3.05. The highest BCUT2D eigenvalue weighted by Crippen LogP contribution is 2.21. The molecule has 118 valence electrons. The predicted molar refractivity (Wildman–Crippen MR) is 88.3 cm³/mol. The molecular weight excluding hydrogens is 344 g/mol. The minimum absolute atomic E-state index is 0.122. The fourth-order valence-electron chi connectivity index (χ4n) is 1.69. The quantitative estimate of drug-likeness (QED) is 0.890. The van der Waals surface area contributed by atoms with Crippen LogP contribution in [0, 0.1) is 13.8 Å². The molecule has 0 aliphatic carbocycles. The largest absolute Gasteiger partial charge is 0.302 e. The molecule has 2 aromatic rings. The number of amides is 1. The summed E-state index contributed by atoms with van der Waals surface area (Å²) in [5.74, 6) is -0.629. The van der Waals surface area contributed by atoms with Crippen molar-refractivity contribution in [2.75, 3.05) is 11.1 Å². The van der Waals surface area contributed by atoms with Crippen LogP contribution in [0.4, 0.5) is 5.13 Å². The number of aryl methyl sites for hydroxylation is 2. The molecule has 0 aliphatic heterocycles. The Kier molecular flexibility index (Phi) is 5.20. The summed E-state index contributed by atoms with van der Waals surface area (Å²) in [4.78, 5) is 17.2. The van der Waals surface area contributed by atoms with E-state index in [4.69, 9.17) is 11.6 Å². The van der Waals surface area contributed by atoms with Crippen LogP contribution in [0.1, 0.15) is 17.0 Å². The van der Waals surface area contributed by atoms with Gasteiger partial charge in [-0.3, -0.25) is 4.79 Å². The van der Waals surface area contributed by atoms with Crippen LogP contribution in [-0.2, 0) is 14.6 Å². The van der Waals surface area contributed by atoms with Crippen molar-refractivity contribution in [3.63, 3.8) is 0 Å². The first kappa shape index (κ1) is 16.9. The minimum Gasteiger partial charge on any atom is -0.302 e. The van der Waals surface area contributed by atoms with E-state index in [0.717, 1.165) is 10.6 Å². The highest BCUT2D eigenvalue weighted by Gasteiger charge is 2.17. The maximum absolute atomic E-state index is 12.1. The van der Waals surface area contributed by atoms with Gasteiger partial charge in [-0.05, 0) is 38.1 Å². The van der Waals surface area contributed by atoms with Crippen molar-refractivity contribution in [2.24, 2.45) is 0 Å². The Bertz CT molecular complexity index is 763. The van der Waals surface area contributed by atoms with Crippen molar-refractivity contribution < 1.29 is 13.2 Å². The van der Waals surface area contributed by atoms with E-state index in [-0.39, 0.29) is 23.0 Å². The van der Waals surface area contributed by atoms with E-state index >= 15 is 0 Å². The summed E-state index contributed by atoms with van der Waals surface area (Å²) in [5.41, 5.74) is 0.856. The van der Waals surface area contributed by atoms with Crippen molar-refractivity contribution in [3.05, 3.63) is 39.9 Å². The van der Waals surface area contributed by atoms with E-state index in [1.165, 1.54) is 35.6 Å². The topological polar surface area (TPSA) is 76.1 Å². The van der Waals surface area contributed by atoms with Crippen LogP contribution in [0.25, 0.3) is 0 Å². The molecule has 22 heavy (non-hydrogen) atoms. The number of carbonyl (C=O) groups is 1. The number of aromatic nitrogens is 1. The average molecular weight is 359 g/mol. The molecule has 1 aromatic carbocycles. The monoisotopic (exact) mass is 358 g/mol. The van der Waals surface area contributed by atoms with Gasteiger partial charge in [0.15, 0.2) is 15.0 Å². The van der Waals surface area contributed by atoms with E-state index in [2.05, 4.69) is 10.3 Å². The van der Waals surface area contributed by atoms with Gasteiger partial charge in [0.2, 0.25) is 5.91 Å². The second kappa shape index (κ2) is 6.76. The van der Waals surface area contributed by atoms with Gasteiger partial charge < -0.3 is 5.32 Å². The summed E-state index contributed by atoms with van der Waals surface area (Å²) < 4.78 is 24.2. The van der Waals surface area contributed by atoms with Gasteiger partial charge in [0, 0.05) is 16.3 Å². The molecule has 1 N–H and O–H groups in total. The molecule has 1 amide bonds. The average Bonchev–Trinajstić information content (AvgIpc) is 2.75. The number of halogens is 1. The van der Waals surface area contributed by atoms with Gasteiger partial charge in [-0.2, -0.15) is 0 Å². The lowest BCUT2D eigenvalue weighted by molar-refractivity contribution is -0.115. The molecule has 0 radical (unpaired) electrons. The zero-order valence-corrected chi connectivity index (χ0v) is 14.5. The SMILES string of the molecule is Cc1nc(NC(=O)CCS(=O)(=O)c2ccc(Cl)cc2)sc1C. The minimum atomic E-state index is -3.50. The Labute approximate surface area is 138 Å². The molecule has 1 heterocycles. The van der Waals surface area contributed by atoms with Gasteiger partial charge in [0.25, 0.3) is 0 Å². The van der Waals surface area contributed by atoms with Crippen LogP contribution in [0.2, 0.25) is 5.02 Å². The van der Waals surface area contributed by atoms with E-state index in [1.807, 2.05) is 13.8 Å². The summed E-state index contributed by atoms with van der Waals surface area (Å²) in [6.45, 7) is 3.76. The van der Waals surface area contributed by atoms with Gasteiger partial charge in [0.1, 0.15) is 0 Å². The van der Waals surface area contributed by atoms with Crippen LogP contribution < -0.4 is 5.32 Å². The molecule has 8 heteroatoms. The highest BCUT2D eigenvalue weighted by atomic mass is 35.5. The summed E-state index contributed by atoms with van der Waals surface area (Å²) >= 11 is 7.10. The van der Waals surface area contributed by atoms with Crippen LogP contribution in [-0.4, -0.2) is 25.1 Å². The zero-order chi connectivity index (χ0) is 16.3. The lowest BCUT2D eigenvalue weighted by Gasteiger charge is -2.04. The van der Waals surface area contributed by atoms with Gasteiger partial charge in [0.05, 0.1) is 16.3 Å². The Hall–Kier alpha value is -1.44. The van der Waals surface area contributed by atoms with Crippen LogP contribution >= 0.6 is 22.9 Å². The third kappa shape index (κ3) is 4.28. The van der Waals surface area contributed by atoms with Crippen LogP contribution in [0.15, 0.2) is 29.2 Å². The second-order valence-corrected chi connectivity index (χ2v) is 8.48. The Morgan fingerprint density at radius 2 is 1.91 bits per heavy atom. The standard InChI is InChI=1S/C14H15ClN2O3S2/c1-9-10(2)21-14(16-9)17-13(18)7-8-22(19,20)12-5-3-11(15)4-6-12/h3-6H,7-8H2,1-2H3,(H,16,17,18). The first-order chi connectivity index (χ1) is 10.3. The zero-order valence-electron chi connectivity index (χ0n) is 12.1. The van der Waals surface area contributed by atoms with E-state index < -0.39 is 9.84 Å². The first-order valence-electron chi connectivity index (χ1n) is 6.50. The lowest BCUT2D eigenvalue weighted by atomic mass is 10.4. The van der Waals surface area contributed by atoms with Crippen molar-refractivity contribution in [1.82, 2.24) is 4.98 Å². The smallest absolute Gasteiger partial charge is 0.227 e. The van der Waals surface area contributed by atoms with E-state index in [1.54, 1.807) is 0 Å². The summed E-state index contributed by atoms with van der Waals surface area (Å²) in [6.07, 6.45) is -0.122. The molecule has 0 atom stereocenters. The maximum atomic E-state index is 12.1. The van der Waals surface area contributed by atoms with Gasteiger partial charge in [-0.15, -0.1) is 11.3 Å². The molecule has 0 unspecified atom stereocenters. The summed E-state index contributed by atoms with van der Waals surface area (Å²) in [6, 6.07) is 5.89. The third-order valence-corrected chi connectivity index (χ3v) is 6.02. The Morgan fingerprint density at radius 1 is 1.27 bits per heavy atom. The lowest BCUT2D eigenvalue weighted by Crippen LogP contribution is -2.17. The van der Waals surface area contributed by atoms with Crippen molar-refractivity contribution in [3.8, 4) is 0 Å². The van der Waals surface area contributed by atoms with Crippen LogP contribution in [0.3, 0.4) is 0 Å². The van der Waals surface area contributed by atoms with E-state index in [0.29, 0.717) is 10.2 Å². The number of hydrogen-bond donors (Lipinski definition) is 1. The number of sulfone groups is 1. The first-order valence-corrected chi connectivity index (χ1v) is 9.35. The maximum Gasteiger partial charge on any atom is 0.227 e. The molecule has 1 aromatic heterocycles. The molecule has 0 saturated carbocycles. The number of thiazole rings is 1.